The molecule has 1 heterocycles. The number of hydrogen-bond acceptors (Lipinski definition) is 4. The number of carbonyl (C=O) groups is 2. The van der Waals surface area contributed by atoms with E-state index in [1.54, 1.807) is 12.0 Å². The fraction of sp³-hybridized carbons (Fsp3) is 0.576. The number of carbonyl (C=O) groups excluding carboxylic acids is 1. The van der Waals surface area contributed by atoms with Crippen molar-refractivity contribution in [2.24, 2.45) is 17.3 Å². The number of nitrogens with zero attached hydrogens (tertiary/aromatic N) is 1. The predicted octanol–water partition coefficient (Wildman–Crippen LogP) is 6.56. The molecule has 0 bridgehead atoms. The fourth-order valence-electron chi connectivity index (χ4n) is 6.81. The molecule has 2 fully saturated rings. The smallest absolute Gasteiger partial charge is 0.326 e. The number of amides is 1. The van der Waals surface area contributed by atoms with Gasteiger partial charge in [0.05, 0.1) is 13.2 Å². The molecule has 0 radical (unpaired) electrons. The number of methoxy groups -OCH3 is 1. The van der Waals surface area contributed by atoms with Gasteiger partial charge in [0.25, 0.3) is 0 Å². The van der Waals surface area contributed by atoms with E-state index < -0.39 is 12.0 Å². The number of benzene rings is 2. The van der Waals surface area contributed by atoms with Crippen LogP contribution in [0, 0.1) is 17.3 Å². The van der Waals surface area contributed by atoms with Crippen LogP contribution in [-0.2, 0) is 16.1 Å². The van der Waals surface area contributed by atoms with Gasteiger partial charge < -0.3 is 20.1 Å². The standard InChI is InChI=1S/C33H46N2O4/c1-21(2)24-17-18-26(39-6)25(19-24)20-34-28-27(33(3,4)5)30(32(37)38)35(29(28)22-13-9-7-10-14-22)31(36)23-15-11-8-12-16-23/h7,9-10,13-14,17-19,21,23,27-30,34H,8,11-12,15-16,20H2,1-6H3,(H,37,38)/t27-,28-,29-,30-/m0/s1. The SMILES string of the molecule is COc1ccc(C(C)C)cc1CN[C@H]1[C@H](C(C)(C)C)[C@@H](C(=O)O)N(C(=O)C2CCCCC2)[C@H]1c1ccccc1. The number of hydrogen-bond donors (Lipinski definition) is 2. The summed E-state index contributed by atoms with van der Waals surface area (Å²) in [6.45, 7) is 11.1. The zero-order chi connectivity index (χ0) is 28.3. The van der Waals surface area contributed by atoms with E-state index in [0.29, 0.717) is 12.5 Å². The lowest BCUT2D eigenvalue weighted by Crippen LogP contribution is -2.49. The van der Waals surface area contributed by atoms with Gasteiger partial charge in [-0.15, -0.1) is 0 Å². The van der Waals surface area contributed by atoms with Gasteiger partial charge in [-0.25, -0.2) is 4.79 Å². The zero-order valence-corrected chi connectivity index (χ0v) is 24.4. The van der Waals surface area contributed by atoms with Crippen LogP contribution in [0.2, 0.25) is 0 Å². The predicted molar refractivity (Wildman–Crippen MR) is 155 cm³/mol. The van der Waals surface area contributed by atoms with Crippen LogP contribution in [0.3, 0.4) is 0 Å². The first-order valence-electron chi connectivity index (χ1n) is 14.5. The van der Waals surface area contributed by atoms with Gasteiger partial charge in [0.2, 0.25) is 5.91 Å². The summed E-state index contributed by atoms with van der Waals surface area (Å²) in [6.07, 6.45) is 4.85. The van der Waals surface area contributed by atoms with E-state index in [9.17, 15) is 14.7 Å². The Labute approximate surface area is 234 Å². The minimum atomic E-state index is -0.927. The third-order valence-electron chi connectivity index (χ3n) is 8.77. The topological polar surface area (TPSA) is 78.9 Å². The van der Waals surface area contributed by atoms with E-state index in [-0.39, 0.29) is 35.2 Å². The Morgan fingerprint density at radius 2 is 1.72 bits per heavy atom. The van der Waals surface area contributed by atoms with Gasteiger partial charge in [0, 0.05) is 30.0 Å². The Hall–Kier alpha value is -2.86. The van der Waals surface area contributed by atoms with E-state index in [4.69, 9.17) is 4.74 Å². The maximum Gasteiger partial charge on any atom is 0.326 e. The van der Waals surface area contributed by atoms with Crippen molar-refractivity contribution in [2.45, 2.75) is 97.3 Å². The summed E-state index contributed by atoms with van der Waals surface area (Å²) in [6, 6.07) is 14.7. The summed E-state index contributed by atoms with van der Waals surface area (Å²) in [5, 5.41) is 14.4. The molecule has 1 saturated heterocycles. The Bertz CT molecular complexity index is 1130. The van der Waals surface area contributed by atoms with Crippen LogP contribution in [0.4, 0.5) is 0 Å². The van der Waals surface area contributed by atoms with Gasteiger partial charge >= 0.3 is 5.97 Å². The summed E-state index contributed by atoms with van der Waals surface area (Å²) < 4.78 is 5.70. The minimum Gasteiger partial charge on any atom is -0.496 e. The lowest BCUT2D eigenvalue weighted by atomic mass is 9.72. The average molecular weight is 535 g/mol. The number of aliphatic carboxylic acids is 1. The zero-order valence-electron chi connectivity index (χ0n) is 24.4. The maximum atomic E-state index is 14.2. The summed E-state index contributed by atoms with van der Waals surface area (Å²) >= 11 is 0. The Kier molecular flexibility index (Phi) is 9.05. The van der Waals surface area contributed by atoms with Crippen LogP contribution >= 0.6 is 0 Å². The number of rotatable bonds is 8. The van der Waals surface area contributed by atoms with Crippen molar-refractivity contribution in [1.29, 1.82) is 0 Å². The highest BCUT2D eigenvalue weighted by Gasteiger charge is 2.58. The first-order chi connectivity index (χ1) is 18.5. The van der Waals surface area contributed by atoms with Crippen LogP contribution in [-0.4, -0.2) is 41.1 Å². The van der Waals surface area contributed by atoms with Gasteiger partial charge in [-0.05, 0) is 41.4 Å². The van der Waals surface area contributed by atoms with Crippen molar-refractivity contribution in [1.82, 2.24) is 10.2 Å². The number of carboxylic acid groups (broad SMARTS) is 1. The molecule has 1 saturated carbocycles. The summed E-state index contributed by atoms with van der Waals surface area (Å²) in [5.41, 5.74) is 2.87. The molecule has 2 N–H and O–H groups in total. The molecule has 39 heavy (non-hydrogen) atoms. The molecule has 0 aromatic heterocycles. The molecule has 4 atom stereocenters. The Balaban J connectivity index is 1.80. The second-order valence-electron chi connectivity index (χ2n) is 12.7. The van der Waals surface area contributed by atoms with Crippen molar-refractivity contribution in [3.63, 3.8) is 0 Å². The molecule has 2 aromatic rings. The Morgan fingerprint density at radius 1 is 1.05 bits per heavy atom. The summed E-state index contributed by atoms with van der Waals surface area (Å²) in [5.74, 6) is -0.169. The molecule has 6 heteroatoms. The average Bonchev–Trinajstić information content (AvgIpc) is 3.28. The van der Waals surface area contributed by atoms with Gasteiger partial charge in [-0.2, -0.15) is 0 Å². The molecule has 2 aromatic carbocycles. The monoisotopic (exact) mass is 534 g/mol. The molecular weight excluding hydrogens is 488 g/mol. The van der Waals surface area contributed by atoms with Gasteiger partial charge in [0.15, 0.2) is 0 Å². The molecule has 6 nitrogen and oxygen atoms in total. The van der Waals surface area contributed by atoms with Crippen molar-refractivity contribution in [3.05, 3.63) is 65.2 Å². The van der Waals surface area contributed by atoms with Crippen LogP contribution in [0.25, 0.3) is 0 Å². The van der Waals surface area contributed by atoms with Crippen molar-refractivity contribution in [3.8, 4) is 5.75 Å². The molecule has 212 valence electrons. The molecular formula is C33H46N2O4. The van der Waals surface area contributed by atoms with Gasteiger partial charge in [-0.3, -0.25) is 4.79 Å². The van der Waals surface area contributed by atoms with E-state index in [1.165, 1.54) is 5.56 Å². The van der Waals surface area contributed by atoms with Crippen molar-refractivity contribution in [2.75, 3.05) is 7.11 Å². The normalized spacial score (nSPS) is 24.2. The quantitative estimate of drug-likeness (QED) is 0.401. The highest BCUT2D eigenvalue weighted by atomic mass is 16.5. The van der Waals surface area contributed by atoms with Crippen LogP contribution in [0.5, 0.6) is 5.75 Å². The Morgan fingerprint density at radius 3 is 2.28 bits per heavy atom. The minimum absolute atomic E-state index is 0.00566. The second kappa shape index (κ2) is 12.1. The van der Waals surface area contributed by atoms with E-state index in [1.807, 2.05) is 36.4 Å². The lowest BCUT2D eigenvalue weighted by Gasteiger charge is -2.36. The third kappa shape index (κ3) is 6.16. The van der Waals surface area contributed by atoms with E-state index >= 15 is 0 Å². The summed E-state index contributed by atoms with van der Waals surface area (Å²) in [4.78, 5) is 29.0. The van der Waals surface area contributed by atoms with Gasteiger partial charge in [0.1, 0.15) is 11.8 Å². The molecule has 1 amide bonds. The first kappa shape index (κ1) is 29.1. The number of carboxylic acids is 1. The maximum absolute atomic E-state index is 14.2. The molecule has 2 aliphatic rings. The lowest BCUT2D eigenvalue weighted by molar-refractivity contribution is -0.154. The number of ether oxygens (including phenoxy) is 1. The molecule has 4 rings (SSSR count). The van der Waals surface area contributed by atoms with Crippen LogP contribution in [0.15, 0.2) is 48.5 Å². The van der Waals surface area contributed by atoms with E-state index in [0.717, 1.165) is 49.0 Å². The van der Waals surface area contributed by atoms with E-state index in [2.05, 4.69) is 52.1 Å². The van der Waals surface area contributed by atoms with Crippen molar-refractivity contribution < 1.29 is 19.4 Å². The second-order valence-corrected chi connectivity index (χ2v) is 12.7. The summed E-state index contributed by atoms with van der Waals surface area (Å²) in [7, 11) is 1.68. The molecule has 1 aliphatic heterocycles. The number of nitrogens with one attached hydrogen (secondary N) is 1. The number of likely N-dealkylation sites (tertiary alicyclic amines) is 1. The highest BCUT2D eigenvalue weighted by molar-refractivity contribution is 5.87. The molecule has 0 spiro atoms. The van der Waals surface area contributed by atoms with Crippen molar-refractivity contribution >= 4 is 11.9 Å². The first-order valence-corrected chi connectivity index (χ1v) is 14.5. The highest BCUT2D eigenvalue weighted by Crippen LogP contribution is 2.49. The molecule has 0 unspecified atom stereocenters. The largest absolute Gasteiger partial charge is 0.496 e. The third-order valence-corrected chi connectivity index (χ3v) is 8.77. The fourth-order valence-corrected chi connectivity index (χ4v) is 6.81. The van der Waals surface area contributed by atoms with Crippen LogP contribution < -0.4 is 10.1 Å². The van der Waals surface area contributed by atoms with Gasteiger partial charge in [-0.1, -0.05) is 96.3 Å². The van der Waals surface area contributed by atoms with Crippen LogP contribution in [0.1, 0.15) is 95.4 Å². The molecule has 1 aliphatic carbocycles.